The predicted molar refractivity (Wildman–Crippen MR) is 200 cm³/mol. The Kier molecular flexibility index (Phi) is 17.1. The zero-order valence-corrected chi connectivity index (χ0v) is 31.0. The van der Waals surface area contributed by atoms with Crippen LogP contribution in [-0.4, -0.2) is 109 Å². The van der Waals surface area contributed by atoms with Gasteiger partial charge in [0, 0.05) is 44.0 Å². The van der Waals surface area contributed by atoms with Crippen LogP contribution >= 0.6 is 0 Å². The number of imidazole rings is 1. The van der Waals surface area contributed by atoms with Gasteiger partial charge < -0.3 is 58.4 Å². The number of carboxylic acid groups (broad SMARTS) is 2. The van der Waals surface area contributed by atoms with Crippen molar-refractivity contribution in [3.63, 3.8) is 0 Å². The first-order chi connectivity index (χ1) is 27.0. The van der Waals surface area contributed by atoms with Gasteiger partial charge >= 0.3 is 11.9 Å². The fourth-order valence-electron chi connectivity index (χ4n) is 5.44. The van der Waals surface area contributed by atoms with Gasteiger partial charge in [0.2, 0.25) is 35.4 Å². The molecule has 0 saturated carbocycles. The fourth-order valence-corrected chi connectivity index (χ4v) is 5.44. The molecule has 0 radical (unpaired) electrons. The summed E-state index contributed by atoms with van der Waals surface area (Å²) in [4.78, 5) is 109. The monoisotopic (exact) mass is 793 g/mol. The van der Waals surface area contributed by atoms with E-state index in [2.05, 4.69) is 36.6 Å². The normalized spacial score (nSPS) is 14.0. The van der Waals surface area contributed by atoms with Gasteiger partial charge in [-0.05, 0) is 43.0 Å². The number of aliphatic carboxylic acids is 2. The molecule has 2 aromatic carbocycles. The van der Waals surface area contributed by atoms with Crippen LogP contribution < -0.4 is 38.1 Å². The second-order valence-electron chi connectivity index (χ2n) is 13.2. The zero-order chi connectivity index (χ0) is 42.1. The Morgan fingerprint density at radius 1 is 0.649 bits per heavy atom. The lowest BCUT2D eigenvalue weighted by molar-refractivity contribution is -0.142. The van der Waals surface area contributed by atoms with Crippen LogP contribution in [0.2, 0.25) is 0 Å². The zero-order valence-electron chi connectivity index (χ0n) is 31.0. The predicted octanol–water partition coefficient (Wildman–Crippen LogP) is -1.87. The molecule has 0 unspecified atom stereocenters. The Hall–Kier alpha value is -6.83. The molecule has 3 aromatic rings. The van der Waals surface area contributed by atoms with Crippen LogP contribution in [-0.2, 0) is 57.6 Å². The molecule has 0 aliphatic rings. The quantitative estimate of drug-likeness (QED) is 0.0502. The first-order valence-corrected chi connectivity index (χ1v) is 17.8. The number of H-pyrrole nitrogens is 1. The summed E-state index contributed by atoms with van der Waals surface area (Å²) in [5, 5.41) is 41.2. The summed E-state index contributed by atoms with van der Waals surface area (Å²) in [6.45, 7) is 1.36. The first kappa shape index (κ1) is 44.6. The number of aromatic nitrogens is 2. The van der Waals surface area contributed by atoms with Gasteiger partial charge in [0.15, 0.2) is 0 Å². The molecule has 6 amide bonds. The SMILES string of the molecule is C[C@H](N)C(=O)N[C@@H](CCC(=O)O)C(=O)N[C@@H](Cc1ccc(O)cc1)C(=O)N[C@@H](Cc1ccccc1)C(=O)N[C@@H](CCC(N)=O)C(=O)N[C@@H](Cc1cnc[nH]1)C(=O)O. The van der Waals surface area contributed by atoms with E-state index in [4.69, 9.17) is 11.5 Å². The van der Waals surface area contributed by atoms with E-state index in [0.29, 0.717) is 16.8 Å². The standard InChI is InChI=1S/C37H47N9O11/c1-20(38)32(51)42-26(12-14-31(49)50)33(52)44-28(16-22-7-9-24(47)10-8-22)36(55)45-27(15-21-5-3-2-4-6-21)35(54)43-25(11-13-30(39)48)34(53)46-29(37(56)57)17-23-18-40-19-41-23/h2-10,18-20,25-29,47H,11-17,38H2,1H3,(H2,39,48)(H,40,41)(H,42,51)(H,43,54)(H,44,52)(H,45,55)(H,46,53)(H,49,50)(H,56,57)/t20-,25-,26-,27-,28-,29-/m0/s1. The second kappa shape index (κ2) is 21.9. The van der Waals surface area contributed by atoms with Crippen molar-refractivity contribution in [2.24, 2.45) is 11.5 Å². The summed E-state index contributed by atoms with van der Waals surface area (Å²) in [5.74, 6) is -8.02. The van der Waals surface area contributed by atoms with Crippen LogP contribution in [0.4, 0.5) is 0 Å². The van der Waals surface area contributed by atoms with Gasteiger partial charge in [0.1, 0.15) is 36.0 Å². The summed E-state index contributed by atoms with van der Waals surface area (Å²) in [6, 6.07) is 5.72. The van der Waals surface area contributed by atoms with Crippen molar-refractivity contribution in [3.05, 3.63) is 83.9 Å². The molecule has 0 spiro atoms. The highest BCUT2D eigenvalue weighted by Crippen LogP contribution is 2.13. The lowest BCUT2D eigenvalue weighted by atomic mass is 10.0. The molecule has 1 aromatic heterocycles. The molecule has 0 aliphatic heterocycles. The molecule has 0 saturated heterocycles. The van der Waals surface area contributed by atoms with Crippen LogP contribution in [0.1, 0.15) is 49.4 Å². The number of hydrogen-bond donors (Lipinski definition) is 11. The number of carbonyl (C=O) groups excluding carboxylic acids is 6. The number of carbonyl (C=O) groups is 8. The highest BCUT2D eigenvalue weighted by atomic mass is 16.4. The molecular formula is C37H47N9O11. The first-order valence-electron chi connectivity index (χ1n) is 17.8. The summed E-state index contributed by atoms with van der Waals surface area (Å²) in [6.07, 6.45) is 0.561. The van der Waals surface area contributed by atoms with E-state index in [-0.39, 0.29) is 44.3 Å². The number of hydrogen-bond acceptors (Lipinski definition) is 11. The maximum absolute atomic E-state index is 14.1. The van der Waals surface area contributed by atoms with Gasteiger partial charge in [0.25, 0.3) is 0 Å². The molecule has 0 aliphatic carbocycles. The van der Waals surface area contributed by atoms with E-state index in [1.54, 1.807) is 30.3 Å². The van der Waals surface area contributed by atoms with Crippen molar-refractivity contribution in [1.29, 1.82) is 0 Å². The highest BCUT2D eigenvalue weighted by molar-refractivity contribution is 5.96. The van der Waals surface area contributed by atoms with Crippen molar-refractivity contribution in [2.75, 3.05) is 0 Å². The van der Waals surface area contributed by atoms with E-state index in [1.807, 2.05) is 0 Å². The number of nitrogens with zero attached hydrogens (tertiary/aromatic N) is 1. The molecule has 20 heteroatoms. The number of amides is 6. The van der Waals surface area contributed by atoms with Gasteiger partial charge in [-0.1, -0.05) is 42.5 Å². The number of benzene rings is 2. The summed E-state index contributed by atoms with van der Waals surface area (Å²) < 4.78 is 0. The number of nitrogens with one attached hydrogen (secondary N) is 6. The minimum Gasteiger partial charge on any atom is -0.508 e. The molecule has 57 heavy (non-hydrogen) atoms. The topological polar surface area (TPSA) is 338 Å². The molecule has 6 atom stereocenters. The third-order valence-electron chi connectivity index (χ3n) is 8.52. The lowest BCUT2D eigenvalue weighted by Crippen LogP contribution is -2.60. The number of phenols is 1. The largest absolute Gasteiger partial charge is 0.508 e. The minimum atomic E-state index is -1.50. The highest BCUT2D eigenvalue weighted by Gasteiger charge is 2.33. The number of aromatic amines is 1. The van der Waals surface area contributed by atoms with Gasteiger partial charge in [0.05, 0.1) is 12.4 Å². The Labute approximate surface area is 326 Å². The Bertz CT molecular complexity index is 1860. The van der Waals surface area contributed by atoms with Crippen LogP contribution in [0.5, 0.6) is 5.75 Å². The molecule has 0 fully saturated rings. The average molecular weight is 794 g/mol. The van der Waals surface area contributed by atoms with Crippen LogP contribution in [0.25, 0.3) is 0 Å². The van der Waals surface area contributed by atoms with E-state index in [9.17, 15) is 53.7 Å². The van der Waals surface area contributed by atoms with Crippen molar-refractivity contribution in [1.82, 2.24) is 36.6 Å². The molecule has 306 valence electrons. The van der Waals surface area contributed by atoms with Gasteiger partial charge in [-0.15, -0.1) is 0 Å². The maximum Gasteiger partial charge on any atom is 0.326 e. The van der Waals surface area contributed by atoms with E-state index in [1.165, 1.54) is 43.7 Å². The summed E-state index contributed by atoms with van der Waals surface area (Å²) in [7, 11) is 0. The van der Waals surface area contributed by atoms with Crippen molar-refractivity contribution < 1.29 is 53.7 Å². The molecule has 3 rings (SSSR count). The number of primary amides is 1. The minimum absolute atomic E-state index is 0.0818. The number of phenolic OH excluding ortho intramolecular Hbond substituents is 1. The van der Waals surface area contributed by atoms with Gasteiger partial charge in [-0.2, -0.15) is 0 Å². The molecule has 20 nitrogen and oxygen atoms in total. The summed E-state index contributed by atoms with van der Waals surface area (Å²) in [5.41, 5.74) is 12.4. The fraction of sp³-hybridized carbons (Fsp3) is 0.378. The Balaban J connectivity index is 1.94. The molecule has 0 bridgehead atoms. The van der Waals surface area contributed by atoms with Crippen molar-refractivity contribution >= 4 is 47.4 Å². The summed E-state index contributed by atoms with van der Waals surface area (Å²) >= 11 is 0. The number of nitrogens with two attached hydrogens (primary N) is 2. The lowest BCUT2D eigenvalue weighted by Gasteiger charge is -2.27. The Morgan fingerprint density at radius 2 is 1.12 bits per heavy atom. The second-order valence-corrected chi connectivity index (χ2v) is 13.2. The van der Waals surface area contributed by atoms with Crippen molar-refractivity contribution in [3.8, 4) is 5.75 Å². The maximum atomic E-state index is 14.1. The average Bonchev–Trinajstić information content (AvgIpc) is 3.68. The third kappa shape index (κ3) is 15.4. The van der Waals surface area contributed by atoms with Crippen LogP contribution in [0.3, 0.4) is 0 Å². The van der Waals surface area contributed by atoms with E-state index >= 15 is 0 Å². The van der Waals surface area contributed by atoms with E-state index < -0.39 is 90.1 Å². The third-order valence-corrected chi connectivity index (χ3v) is 8.52. The number of rotatable bonds is 23. The Morgan fingerprint density at radius 3 is 1.60 bits per heavy atom. The number of carboxylic acids is 2. The van der Waals surface area contributed by atoms with Gasteiger partial charge in [-0.3, -0.25) is 33.6 Å². The molecule has 1 heterocycles. The van der Waals surface area contributed by atoms with Crippen molar-refractivity contribution in [2.45, 2.75) is 88.1 Å². The van der Waals surface area contributed by atoms with E-state index in [0.717, 1.165) is 0 Å². The van der Waals surface area contributed by atoms with Crippen LogP contribution in [0, 0.1) is 0 Å². The molecule has 13 N–H and O–H groups in total. The number of aromatic hydroxyl groups is 1. The smallest absolute Gasteiger partial charge is 0.326 e. The molecular weight excluding hydrogens is 746 g/mol. The van der Waals surface area contributed by atoms with Crippen LogP contribution in [0.15, 0.2) is 67.1 Å². The van der Waals surface area contributed by atoms with Gasteiger partial charge in [-0.25, -0.2) is 9.78 Å².